The van der Waals surface area contributed by atoms with Crippen LogP contribution in [0.2, 0.25) is 0 Å². The van der Waals surface area contributed by atoms with Crippen LogP contribution in [0, 0.1) is 6.92 Å². The van der Waals surface area contributed by atoms with Gasteiger partial charge in [0.1, 0.15) is 5.75 Å². The molecule has 1 aliphatic heterocycles. The van der Waals surface area contributed by atoms with Gasteiger partial charge in [0.25, 0.3) is 0 Å². The van der Waals surface area contributed by atoms with Gasteiger partial charge < -0.3 is 9.26 Å². The molecular formula is C18H25N3O2S. The van der Waals surface area contributed by atoms with E-state index in [1.165, 1.54) is 10.5 Å². The Hall–Kier alpha value is -1.50. The predicted octanol–water partition coefficient (Wildman–Crippen LogP) is 3.03. The summed E-state index contributed by atoms with van der Waals surface area (Å²) in [5, 5.41) is 3.96. The number of aryl methyl sites for hydroxylation is 1. The van der Waals surface area contributed by atoms with Crippen molar-refractivity contribution in [3.05, 3.63) is 41.3 Å². The summed E-state index contributed by atoms with van der Waals surface area (Å²) in [7, 11) is 1.73. The first-order chi connectivity index (χ1) is 11.7. The topological polar surface area (TPSA) is 41.7 Å². The third kappa shape index (κ3) is 4.32. The van der Waals surface area contributed by atoms with Crippen molar-refractivity contribution < 1.29 is 9.26 Å². The number of benzene rings is 1. The van der Waals surface area contributed by atoms with E-state index in [-0.39, 0.29) is 0 Å². The monoisotopic (exact) mass is 347 g/mol. The van der Waals surface area contributed by atoms with E-state index in [1.54, 1.807) is 18.9 Å². The van der Waals surface area contributed by atoms with E-state index in [1.807, 2.05) is 13.0 Å². The summed E-state index contributed by atoms with van der Waals surface area (Å²) in [5.41, 5.74) is 2.30. The highest BCUT2D eigenvalue weighted by atomic mass is 32.2. The van der Waals surface area contributed by atoms with Crippen LogP contribution in [0.25, 0.3) is 0 Å². The fraction of sp³-hybridized carbons (Fsp3) is 0.500. The van der Waals surface area contributed by atoms with Gasteiger partial charge in [-0.3, -0.25) is 9.80 Å². The van der Waals surface area contributed by atoms with Crippen LogP contribution >= 0.6 is 11.8 Å². The molecule has 6 heteroatoms. The van der Waals surface area contributed by atoms with E-state index < -0.39 is 0 Å². The van der Waals surface area contributed by atoms with E-state index in [2.05, 4.69) is 39.4 Å². The maximum absolute atomic E-state index is 5.40. The number of piperazine rings is 1. The van der Waals surface area contributed by atoms with Crippen LogP contribution in [0.1, 0.15) is 17.0 Å². The number of hydrogen-bond donors (Lipinski definition) is 0. The maximum atomic E-state index is 5.40. The van der Waals surface area contributed by atoms with Gasteiger partial charge in [0.2, 0.25) is 0 Å². The predicted molar refractivity (Wildman–Crippen MR) is 96.6 cm³/mol. The zero-order valence-corrected chi connectivity index (χ0v) is 15.4. The molecule has 24 heavy (non-hydrogen) atoms. The standard InChI is InChI=1S/C18H25N3O2S/c1-14-10-16(23-19-14)13-21-8-6-20(7-9-21)12-15-4-5-17(22-2)18(11-15)24-3/h4-5,10-11H,6-9,12-13H2,1-3H3. The Balaban J connectivity index is 1.52. The third-order valence-corrected chi connectivity index (χ3v) is 5.13. The molecule has 1 aromatic carbocycles. The first kappa shape index (κ1) is 17.3. The fourth-order valence-corrected chi connectivity index (χ4v) is 3.68. The maximum Gasteiger partial charge on any atom is 0.150 e. The minimum Gasteiger partial charge on any atom is -0.496 e. The van der Waals surface area contributed by atoms with Crippen LogP contribution < -0.4 is 4.74 Å². The minimum atomic E-state index is 0.855. The number of nitrogens with zero attached hydrogens (tertiary/aromatic N) is 3. The van der Waals surface area contributed by atoms with Crippen LogP contribution in [-0.2, 0) is 13.1 Å². The van der Waals surface area contributed by atoms with Crippen LogP contribution in [0.5, 0.6) is 5.75 Å². The minimum absolute atomic E-state index is 0.855. The quantitative estimate of drug-likeness (QED) is 0.748. The zero-order valence-electron chi connectivity index (χ0n) is 14.6. The lowest BCUT2D eigenvalue weighted by molar-refractivity contribution is 0.113. The van der Waals surface area contributed by atoms with Crippen molar-refractivity contribution in [1.82, 2.24) is 15.0 Å². The molecule has 0 radical (unpaired) electrons. The lowest BCUT2D eigenvalue weighted by atomic mass is 10.2. The number of hydrogen-bond acceptors (Lipinski definition) is 6. The van der Waals surface area contributed by atoms with Gasteiger partial charge in [-0.25, -0.2) is 0 Å². The second-order valence-corrected chi connectivity index (χ2v) is 7.02. The van der Waals surface area contributed by atoms with Gasteiger partial charge in [0.15, 0.2) is 5.76 Å². The normalized spacial score (nSPS) is 16.5. The molecule has 0 bridgehead atoms. The summed E-state index contributed by atoms with van der Waals surface area (Å²) in [6.45, 7) is 8.08. The lowest BCUT2D eigenvalue weighted by Gasteiger charge is -2.34. The van der Waals surface area contributed by atoms with Crippen molar-refractivity contribution in [2.24, 2.45) is 0 Å². The summed E-state index contributed by atoms with van der Waals surface area (Å²) >= 11 is 1.73. The Kier molecular flexibility index (Phi) is 5.81. The Labute approximate surface area is 147 Å². The van der Waals surface area contributed by atoms with Crippen molar-refractivity contribution in [1.29, 1.82) is 0 Å². The SMILES string of the molecule is COc1ccc(CN2CCN(Cc3cc(C)no3)CC2)cc1SC. The number of methoxy groups -OCH3 is 1. The summed E-state index contributed by atoms with van der Waals surface area (Å²) in [5.74, 6) is 1.92. The Morgan fingerprint density at radius 2 is 1.83 bits per heavy atom. The molecule has 1 saturated heterocycles. The van der Waals surface area contributed by atoms with Gasteiger partial charge in [-0.2, -0.15) is 0 Å². The Bertz CT molecular complexity index is 666. The van der Waals surface area contributed by atoms with E-state index in [4.69, 9.17) is 9.26 Å². The van der Waals surface area contributed by atoms with Gasteiger partial charge in [-0.15, -0.1) is 11.8 Å². The molecule has 0 N–H and O–H groups in total. The first-order valence-corrected chi connectivity index (χ1v) is 9.48. The average Bonchev–Trinajstić information content (AvgIpc) is 3.01. The van der Waals surface area contributed by atoms with Gasteiger partial charge in [0, 0.05) is 43.7 Å². The molecule has 2 heterocycles. The van der Waals surface area contributed by atoms with Gasteiger partial charge in [-0.05, 0) is 30.9 Å². The highest BCUT2D eigenvalue weighted by Crippen LogP contribution is 2.28. The zero-order chi connectivity index (χ0) is 16.9. The number of rotatable bonds is 6. The van der Waals surface area contributed by atoms with E-state index >= 15 is 0 Å². The largest absolute Gasteiger partial charge is 0.496 e. The molecule has 5 nitrogen and oxygen atoms in total. The highest BCUT2D eigenvalue weighted by Gasteiger charge is 2.18. The molecule has 0 unspecified atom stereocenters. The molecule has 130 valence electrons. The lowest BCUT2D eigenvalue weighted by Crippen LogP contribution is -2.45. The van der Waals surface area contributed by atoms with Crippen molar-refractivity contribution >= 4 is 11.8 Å². The van der Waals surface area contributed by atoms with Crippen LogP contribution in [0.15, 0.2) is 33.7 Å². The fourth-order valence-electron chi connectivity index (χ4n) is 3.05. The summed E-state index contributed by atoms with van der Waals surface area (Å²) in [6.07, 6.45) is 2.09. The summed E-state index contributed by atoms with van der Waals surface area (Å²) in [6, 6.07) is 8.51. The Morgan fingerprint density at radius 3 is 2.42 bits per heavy atom. The summed E-state index contributed by atoms with van der Waals surface area (Å²) in [4.78, 5) is 6.14. The second kappa shape index (κ2) is 8.05. The van der Waals surface area contributed by atoms with Crippen LogP contribution in [0.4, 0.5) is 0 Å². The molecule has 0 spiro atoms. The van der Waals surface area contributed by atoms with Crippen LogP contribution in [-0.4, -0.2) is 54.5 Å². The molecule has 1 aromatic heterocycles. The molecule has 0 atom stereocenters. The summed E-state index contributed by atoms with van der Waals surface area (Å²) < 4.78 is 10.7. The van der Waals surface area contributed by atoms with Gasteiger partial charge >= 0.3 is 0 Å². The molecule has 1 aliphatic rings. The van der Waals surface area contributed by atoms with E-state index in [9.17, 15) is 0 Å². The molecule has 3 rings (SSSR count). The van der Waals surface area contributed by atoms with Crippen molar-refractivity contribution in [3.8, 4) is 5.75 Å². The number of aromatic nitrogens is 1. The molecule has 1 fully saturated rings. The van der Waals surface area contributed by atoms with Gasteiger partial charge in [-0.1, -0.05) is 11.2 Å². The molecule has 2 aromatic rings. The van der Waals surface area contributed by atoms with Crippen molar-refractivity contribution in [2.45, 2.75) is 24.9 Å². The second-order valence-electron chi connectivity index (χ2n) is 6.18. The number of ether oxygens (including phenoxy) is 1. The van der Waals surface area contributed by atoms with Gasteiger partial charge in [0.05, 0.1) is 19.3 Å². The van der Waals surface area contributed by atoms with Crippen molar-refractivity contribution in [3.63, 3.8) is 0 Å². The highest BCUT2D eigenvalue weighted by molar-refractivity contribution is 7.98. The Morgan fingerprint density at radius 1 is 1.12 bits per heavy atom. The van der Waals surface area contributed by atoms with Crippen LogP contribution in [0.3, 0.4) is 0 Å². The number of thioether (sulfide) groups is 1. The van der Waals surface area contributed by atoms with Crippen molar-refractivity contribution in [2.75, 3.05) is 39.5 Å². The van der Waals surface area contributed by atoms with E-state index in [0.29, 0.717) is 0 Å². The smallest absolute Gasteiger partial charge is 0.150 e. The third-order valence-electron chi connectivity index (χ3n) is 4.38. The molecule has 0 saturated carbocycles. The molecule has 0 aliphatic carbocycles. The molecule has 0 amide bonds. The molecular weight excluding hydrogens is 322 g/mol. The first-order valence-electron chi connectivity index (χ1n) is 8.25. The average molecular weight is 347 g/mol. The van der Waals surface area contributed by atoms with E-state index in [0.717, 1.165) is 56.5 Å².